The molecular weight excluding hydrogens is 248 g/mol. The molecule has 1 aliphatic heterocycles. The molecule has 4 nitrogen and oxygen atoms in total. The van der Waals surface area contributed by atoms with Crippen molar-refractivity contribution in [2.75, 3.05) is 23.7 Å². The Kier molecular flexibility index (Phi) is 3.54. The quantitative estimate of drug-likeness (QED) is 0.907. The number of hydrogen-bond donors (Lipinski definition) is 1. The van der Waals surface area contributed by atoms with Gasteiger partial charge in [0.1, 0.15) is 17.5 Å². The normalized spacial score (nSPS) is 14.8. The zero-order chi connectivity index (χ0) is 13.9. The summed E-state index contributed by atoms with van der Waals surface area (Å²) in [6.45, 7) is 4.02. The van der Waals surface area contributed by atoms with E-state index in [1.54, 1.807) is 0 Å². The molecule has 2 aromatic rings. The summed E-state index contributed by atoms with van der Waals surface area (Å²) >= 11 is 0. The Labute approximate surface area is 119 Å². The number of aryl methyl sites for hydroxylation is 1. The minimum atomic E-state index is 0.564. The van der Waals surface area contributed by atoms with Crippen LogP contribution < -0.4 is 10.6 Å². The molecule has 0 fully saturated rings. The van der Waals surface area contributed by atoms with E-state index in [0.717, 1.165) is 44.0 Å². The number of hydrogen-bond acceptors (Lipinski definition) is 4. The second kappa shape index (κ2) is 5.49. The molecule has 20 heavy (non-hydrogen) atoms. The highest BCUT2D eigenvalue weighted by Crippen LogP contribution is 2.20. The highest BCUT2D eigenvalue weighted by Gasteiger charge is 2.15. The summed E-state index contributed by atoms with van der Waals surface area (Å²) in [5, 5.41) is 0. The van der Waals surface area contributed by atoms with Crippen molar-refractivity contribution in [3.63, 3.8) is 0 Å². The van der Waals surface area contributed by atoms with Crippen LogP contribution in [0.1, 0.15) is 23.9 Å². The van der Waals surface area contributed by atoms with E-state index in [1.165, 1.54) is 11.1 Å². The first-order chi connectivity index (χ1) is 9.76. The summed E-state index contributed by atoms with van der Waals surface area (Å²) in [6.07, 6.45) is 2.93. The highest BCUT2D eigenvalue weighted by atomic mass is 15.2. The molecule has 1 aliphatic rings. The molecule has 104 valence electrons. The number of aromatic nitrogens is 2. The second-order valence-corrected chi connectivity index (χ2v) is 5.18. The predicted octanol–water partition coefficient (Wildman–Crippen LogP) is 2.23. The summed E-state index contributed by atoms with van der Waals surface area (Å²) in [7, 11) is 0. The molecule has 0 amide bonds. The largest absolute Gasteiger partial charge is 0.384 e. The van der Waals surface area contributed by atoms with Gasteiger partial charge < -0.3 is 10.6 Å². The summed E-state index contributed by atoms with van der Waals surface area (Å²) in [4.78, 5) is 11.2. The Bertz CT molecular complexity index is 582. The van der Waals surface area contributed by atoms with E-state index in [-0.39, 0.29) is 0 Å². The Morgan fingerprint density at radius 3 is 2.35 bits per heavy atom. The van der Waals surface area contributed by atoms with E-state index < -0.39 is 0 Å². The second-order valence-electron chi connectivity index (χ2n) is 5.18. The third-order valence-corrected chi connectivity index (χ3v) is 3.84. The van der Waals surface area contributed by atoms with E-state index in [4.69, 9.17) is 5.73 Å². The van der Waals surface area contributed by atoms with Crippen LogP contribution in [0, 0.1) is 0 Å². The number of nitrogen functional groups attached to an aromatic ring is 1. The molecule has 2 N–H and O–H groups in total. The number of rotatable bonds is 2. The summed E-state index contributed by atoms with van der Waals surface area (Å²) in [5.41, 5.74) is 8.79. The van der Waals surface area contributed by atoms with Gasteiger partial charge >= 0.3 is 0 Å². The van der Waals surface area contributed by atoms with Crippen molar-refractivity contribution >= 4 is 11.6 Å². The van der Waals surface area contributed by atoms with Crippen molar-refractivity contribution in [1.29, 1.82) is 0 Å². The molecule has 0 aliphatic carbocycles. The van der Waals surface area contributed by atoms with Crippen LogP contribution in [0.3, 0.4) is 0 Å². The van der Waals surface area contributed by atoms with Crippen LogP contribution in [0.25, 0.3) is 0 Å². The van der Waals surface area contributed by atoms with Gasteiger partial charge in [0.2, 0.25) is 0 Å². The predicted molar refractivity (Wildman–Crippen MR) is 81.9 cm³/mol. The smallest absolute Gasteiger partial charge is 0.134 e. The maximum absolute atomic E-state index is 5.89. The zero-order valence-corrected chi connectivity index (χ0v) is 11.8. The first-order valence-electron chi connectivity index (χ1n) is 7.21. The minimum absolute atomic E-state index is 0.564. The lowest BCUT2D eigenvalue weighted by atomic mass is 10.0. The lowest BCUT2D eigenvalue weighted by Gasteiger charge is -2.22. The number of fused-ring (bicyclic) bond motifs is 1. The van der Waals surface area contributed by atoms with Crippen LogP contribution in [0.5, 0.6) is 0 Å². The van der Waals surface area contributed by atoms with Gasteiger partial charge in [-0.2, -0.15) is 0 Å². The van der Waals surface area contributed by atoms with Gasteiger partial charge in [-0.25, -0.2) is 9.97 Å². The minimum Gasteiger partial charge on any atom is -0.384 e. The summed E-state index contributed by atoms with van der Waals surface area (Å²) in [5.74, 6) is 2.34. The third-order valence-electron chi connectivity index (χ3n) is 3.84. The fourth-order valence-electron chi connectivity index (χ4n) is 2.72. The molecule has 0 radical (unpaired) electrons. The van der Waals surface area contributed by atoms with Crippen LogP contribution in [0.4, 0.5) is 11.6 Å². The van der Waals surface area contributed by atoms with Gasteiger partial charge in [0.25, 0.3) is 0 Å². The topological polar surface area (TPSA) is 55.0 Å². The molecule has 0 unspecified atom stereocenters. The van der Waals surface area contributed by atoms with Gasteiger partial charge in [-0.3, -0.25) is 0 Å². The fraction of sp³-hybridized carbons (Fsp3) is 0.375. The monoisotopic (exact) mass is 268 g/mol. The van der Waals surface area contributed by atoms with E-state index in [1.807, 2.05) is 6.07 Å². The molecule has 4 heteroatoms. The van der Waals surface area contributed by atoms with Gasteiger partial charge in [-0.1, -0.05) is 31.2 Å². The van der Waals surface area contributed by atoms with Crippen LogP contribution in [0.2, 0.25) is 0 Å². The number of benzene rings is 1. The van der Waals surface area contributed by atoms with Crippen molar-refractivity contribution in [2.24, 2.45) is 0 Å². The van der Waals surface area contributed by atoms with Crippen LogP contribution in [-0.4, -0.2) is 23.1 Å². The lowest BCUT2D eigenvalue weighted by molar-refractivity contribution is 0.779. The Morgan fingerprint density at radius 1 is 1.10 bits per heavy atom. The first kappa shape index (κ1) is 12.9. The van der Waals surface area contributed by atoms with Crippen molar-refractivity contribution in [3.8, 4) is 0 Å². The SMILES string of the molecule is CCc1nc(N)cc(N2CCc3ccccc3CC2)n1. The average molecular weight is 268 g/mol. The number of nitrogens with zero attached hydrogens (tertiary/aromatic N) is 3. The van der Waals surface area contributed by atoms with E-state index in [0.29, 0.717) is 5.82 Å². The van der Waals surface area contributed by atoms with E-state index in [9.17, 15) is 0 Å². The lowest BCUT2D eigenvalue weighted by Crippen LogP contribution is -2.27. The highest BCUT2D eigenvalue weighted by molar-refractivity contribution is 5.48. The van der Waals surface area contributed by atoms with Crippen LogP contribution in [0.15, 0.2) is 30.3 Å². The van der Waals surface area contributed by atoms with Crippen LogP contribution in [-0.2, 0) is 19.3 Å². The molecule has 3 rings (SSSR count). The van der Waals surface area contributed by atoms with Crippen molar-refractivity contribution in [1.82, 2.24) is 9.97 Å². The number of nitrogens with two attached hydrogens (primary N) is 1. The Hall–Kier alpha value is -2.10. The van der Waals surface area contributed by atoms with Crippen molar-refractivity contribution < 1.29 is 0 Å². The Morgan fingerprint density at radius 2 is 1.75 bits per heavy atom. The average Bonchev–Trinajstić information content (AvgIpc) is 2.69. The molecule has 0 spiro atoms. The molecule has 0 atom stereocenters. The van der Waals surface area contributed by atoms with Crippen molar-refractivity contribution in [3.05, 3.63) is 47.3 Å². The van der Waals surface area contributed by atoms with Gasteiger partial charge in [-0.05, 0) is 24.0 Å². The number of anilines is 2. The maximum Gasteiger partial charge on any atom is 0.134 e. The molecule has 0 bridgehead atoms. The molecular formula is C16H20N4. The third kappa shape index (κ3) is 2.59. The van der Waals surface area contributed by atoms with Gasteiger partial charge in [0.05, 0.1) is 0 Å². The maximum atomic E-state index is 5.89. The molecule has 0 saturated carbocycles. The zero-order valence-electron chi connectivity index (χ0n) is 11.8. The standard InChI is InChI=1S/C16H20N4/c1-2-15-18-14(17)11-16(19-15)20-9-7-12-5-3-4-6-13(12)8-10-20/h3-6,11H,2,7-10H2,1H3,(H2,17,18,19). The van der Waals surface area contributed by atoms with Gasteiger partial charge in [-0.15, -0.1) is 0 Å². The van der Waals surface area contributed by atoms with E-state index >= 15 is 0 Å². The molecule has 1 aromatic heterocycles. The summed E-state index contributed by atoms with van der Waals surface area (Å²) < 4.78 is 0. The van der Waals surface area contributed by atoms with Gasteiger partial charge in [0, 0.05) is 25.6 Å². The molecule has 1 aromatic carbocycles. The van der Waals surface area contributed by atoms with Crippen molar-refractivity contribution in [2.45, 2.75) is 26.2 Å². The van der Waals surface area contributed by atoms with Gasteiger partial charge in [0.15, 0.2) is 0 Å². The van der Waals surface area contributed by atoms with Crippen LogP contribution >= 0.6 is 0 Å². The summed E-state index contributed by atoms with van der Waals surface area (Å²) in [6, 6.07) is 10.6. The fourth-order valence-corrected chi connectivity index (χ4v) is 2.72. The van der Waals surface area contributed by atoms with E-state index in [2.05, 4.69) is 46.1 Å². The molecule has 2 heterocycles. The Balaban J connectivity index is 1.85. The molecule has 0 saturated heterocycles. The first-order valence-corrected chi connectivity index (χ1v) is 7.21.